The fourth-order valence-corrected chi connectivity index (χ4v) is 2.39. The highest BCUT2D eigenvalue weighted by molar-refractivity contribution is 6.19. The van der Waals surface area contributed by atoms with Gasteiger partial charge < -0.3 is 10.7 Å². The van der Waals surface area contributed by atoms with Crippen molar-refractivity contribution in [2.24, 2.45) is 0 Å². The number of carbonyl (C=O) groups is 1. The van der Waals surface area contributed by atoms with Crippen LogP contribution in [-0.4, -0.2) is 10.8 Å². The number of para-hydroxylation sites is 1. The summed E-state index contributed by atoms with van der Waals surface area (Å²) in [7, 11) is 0. The number of aromatic amines is 1. The van der Waals surface area contributed by atoms with Crippen molar-refractivity contribution in [3.8, 4) is 0 Å². The molecule has 0 atom stereocenters. The van der Waals surface area contributed by atoms with Crippen LogP contribution in [-0.2, 0) is 0 Å². The molecule has 3 heteroatoms. The molecule has 3 N–H and O–H groups in total. The highest BCUT2D eigenvalue weighted by Gasteiger charge is 2.17. The maximum absolute atomic E-state index is 12.7. The molecule has 2 aromatic carbocycles. The van der Waals surface area contributed by atoms with Crippen LogP contribution in [0.2, 0.25) is 0 Å². The van der Waals surface area contributed by atoms with E-state index in [9.17, 15) is 4.79 Å². The Balaban J connectivity index is 2.20. The van der Waals surface area contributed by atoms with Crippen molar-refractivity contribution < 1.29 is 4.79 Å². The van der Waals surface area contributed by atoms with E-state index in [1.54, 1.807) is 12.3 Å². The van der Waals surface area contributed by atoms with Crippen LogP contribution in [0.5, 0.6) is 0 Å². The van der Waals surface area contributed by atoms with Gasteiger partial charge >= 0.3 is 0 Å². The SMILES string of the molecule is Cc1cccc(N)c1C(=O)c1c[nH]c2ccccc12. The molecule has 0 aliphatic carbocycles. The van der Waals surface area contributed by atoms with E-state index in [4.69, 9.17) is 5.73 Å². The van der Waals surface area contributed by atoms with Crippen molar-refractivity contribution in [3.05, 3.63) is 65.4 Å². The normalized spacial score (nSPS) is 10.8. The molecule has 0 aliphatic rings. The molecule has 0 saturated carbocycles. The molecule has 0 bridgehead atoms. The molecule has 0 saturated heterocycles. The van der Waals surface area contributed by atoms with Crippen LogP contribution in [0.4, 0.5) is 5.69 Å². The smallest absolute Gasteiger partial charge is 0.197 e. The molecule has 0 radical (unpaired) electrons. The number of anilines is 1. The molecule has 3 rings (SSSR count). The molecular weight excluding hydrogens is 236 g/mol. The van der Waals surface area contributed by atoms with Gasteiger partial charge in [-0.1, -0.05) is 30.3 Å². The number of fused-ring (bicyclic) bond motifs is 1. The Bertz CT molecular complexity index is 751. The second-order valence-electron chi connectivity index (χ2n) is 4.62. The Hall–Kier alpha value is -2.55. The van der Waals surface area contributed by atoms with Gasteiger partial charge in [0.25, 0.3) is 0 Å². The molecular formula is C16H14N2O. The van der Waals surface area contributed by atoms with Gasteiger partial charge in [0.05, 0.1) is 0 Å². The Kier molecular flexibility index (Phi) is 2.60. The van der Waals surface area contributed by atoms with E-state index in [0.29, 0.717) is 16.8 Å². The van der Waals surface area contributed by atoms with Crippen LogP contribution in [0.1, 0.15) is 21.5 Å². The lowest BCUT2D eigenvalue weighted by atomic mass is 9.97. The van der Waals surface area contributed by atoms with Crippen molar-refractivity contribution in [3.63, 3.8) is 0 Å². The number of rotatable bonds is 2. The molecule has 94 valence electrons. The number of benzene rings is 2. The summed E-state index contributed by atoms with van der Waals surface area (Å²) < 4.78 is 0. The third-order valence-corrected chi connectivity index (χ3v) is 3.37. The summed E-state index contributed by atoms with van der Waals surface area (Å²) in [6.45, 7) is 1.90. The van der Waals surface area contributed by atoms with E-state index in [1.165, 1.54) is 0 Å². The molecule has 0 unspecified atom stereocenters. The fraction of sp³-hybridized carbons (Fsp3) is 0.0625. The first-order chi connectivity index (χ1) is 9.18. The highest BCUT2D eigenvalue weighted by atomic mass is 16.1. The van der Waals surface area contributed by atoms with E-state index in [2.05, 4.69) is 4.98 Å². The van der Waals surface area contributed by atoms with E-state index in [1.807, 2.05) is 43.3 Å². The van der Waals surface area contributed by atoms with Crippen molar-refractivity contribution in [2.75, 3.05) is 5.73 Å². The summed E-state index contributed by atoms with van der Waals surface area (Å²) >= 11 is 0. The van der Waals surface area contributed by atoms with Gasteiger partial charge in [0.15, 0.2) is 5.78 Å². The van der Waals surface area contributed by atoms with Gasteiger partial charge in [0.1, 0.15) is 0 Å². The second-order valence-corrected chi connectivity index (χ2v) is 4.62. The third-order valence-electron chi connectivity index (χ3n) is 3.37. The van der Waals surface area contributed by atoms with E-state index >= 15 is 0 Å². The number of H-pyrrole nitrogens is 1. The largest absolute Gasteiger partial charge is 0.398 e. The first kappa shape index (κ1) is 11.5. The van der Waals surface area contributed by atoms with Gasteiger partial charge in [-0.25, -0.2) is 0 Å². The molecule has 0 fully saturated rings. The number of nitrogen functional groups attached to an aromatic ring is 1. The van der Waals surface area contributed by atoms with Crippen LogP contribution < -0.4 is 5.73 Å². The lowest BCUT2D eigenvalue weighted by Crippen LogP contribution is -2.07. The minimum Gasteiger partial charge on any atom is -0.398 e. The molecule has 1 heterocycles. The molecule has 3 nitrogen and oxygen atoms in total. The van der Waals surface area contributed by atoms with Gasteiger partial charge in [-0.15, -0.1) is 0 Å². The fourth-order valence-electron chi connectivity index (χ4n) is 2.39. The van der Waals surface area contributed by atoms with Crippen LogP contribution in [0.3, 0.4) is 0 Å². The van der Waals surface area contributed by atoms with Crippen LogP contribution in [0.25, 0.3) is 10.9 Å². The second kappa shape index (κ2) is 4.28. The Labute approximate surface area is 111 Å². The summed E-state index contributed by atoms with van der Waals surface area (Å²) in [6, 6.07) is 13.3. The molecule has 1 aromatic heterocycles. The number of ketones is 1. The van der Waals surface area contributed by atoms with Crippen molar-refractivity contribution in [2.45, 2.75) is 6.92 Å². The number of aromatic nitrogens is 1. The van der Waals surface area contributed by atoms with E-state index < -0.39 is 0 Å². The summed E-state index contributed by atoms with van der Waals surface area (Å²) in [6.07, 6.45) is 1.75. The van der Waals surface area contributed by atoms with Crippen molar-refractivity contribution in [1.82, 2.24) is 4.98 Å². The van der Waals surface area contributed by atoms with Gasteiger partial charge in [0.2, 0.25) is 0 Å². The Morgan fingerprint density at radius 2 is 1.89 bits per heavy atom. The third kappa shape index (κ3) is 1.80. The molecule has 19 heavy (non-hydrogen) atoms. The number of carbonyl (C=O) groups excluding carboxylic acids is 1. The quantitative estimate of drug-likeness (QED) is 0.541. The molecule has 3 aromatic rings. The zero-order valence-corrected chi connectivity index (χ0v) is 10.6. The summed E-state index contributed by atoms with van der Waals surface area (Å²) in [5.41, 5.74) is 9.57. The average molecular weight is 250 g/mol. The highest BCUT2D eigenvalue weighted by Crippen LogP contribution is 2.25. The van der Waals surface area contributed by atoms with Crippen LogP contribution in [0.15, 0.2) is 48.7 Å². The van der Waals surface area contributed by atoms with Crippen LogP contribution >= 0.6 is 0 Å². The zero-order valence-electron chi connectivity index (χ0n) is 10.6. The summed E-state index contributed by atoms with van der Waals surface area (Å²) in [5, 5.41) is 0.926. The number of nitrogens with two attached hydrogens (primary N) is 1. The average Bonchev–Trinajstić information content (AvgIpc) is 2.82. The van der Waals surface area contributed by atoms with Gasteiger partial charge in [-0.3, -0.25) is 4.79 Å². The number of aryl methyl sites for hydroxylation is 1. The standard InChI is InChI=1S/C16H14N2O/c1-10-5-4-7-13(17)15(10)16(19)12-9-18-14-8-3-2-6-11(12)14/h2-9,18H,17H2,1H3. The maximum Gasteiger partial charge on any atom is 0.197 e. The predicted octanol–water partition coefficient (Wildman–Crippen LogP) is 3.29. The van der Waals surface area contributed by atoms with Gasteiger partial charge in [-0.05, 0) is 24.6 Å². The van der Waals surface area contributed by atoms with Gasteiger partial charge in [0, 0.05) is 33.9 Å². The lowest BCUT2D eigenvalue weighted by Gasteiger charge is -2.07. The van der Waals surface area contributed by atoms with Crippen LogP contribution in [0, 0.1) is 6.92 Å². The van der Waals surface area contributed by atoms with E-state index in [0.717, 1.165) is 16.5 Å². The minimum atomic E-state index is -0.0342. The number of hydrogen-bond acceptors (Lipinski definition) is 2. The lowest BCUT2D eigenvalue weighted by molar-refractivity contribution is 0.104. The minimum absolute atomic E-state index is 0.0342. The summed E-state index contributed by atoms with van der Waals surface area (Å²) in [4.78, 5) is 15.8. The monoisotopic (exact) mass is 250 g/mol. The zero-order chi connectivity index (χ0) is 13.4. The maximum atomic E-state index is 12.7. The molecule has 0 aliphatic heterocycles. The van der Waals surface area contributed by atoms with Crippen molar-refractivity contribution >= 4 is 22.4 Å². The first-order valence-corrected chi connectivity index (χ1v) is 6.14. The summed E-state index contributed by atoms with van der Waals surface area (Å²) in [5.74, 6) is -0.0342. The topological polar surface area (TPSA) is 58.9 Å². The molecule has 0 spiro atoms. The molecule has 0 amide bonds. The Morgan fingerprint density at radius 3 is 2.68 bits per heavy atom. The number of nitrogens with one attached hydrogen (secondary N) is 1. The van der Waals surface area contributed by atoms with Gasteiger partial charge in [-0.2, -0.15) is 0 Å². The van der Waals surface area contributed by atoms with Crippen molar-refractivity contribution in [1.29, 1.82) is 0 Å². The van der Waals surface area contributed by atoms with E-state index in [-0.39, 0.29) is 5.78 Å². The first-order valence-electron chi connectivity index (χ1n) is 6.14. The number of hydrogen-bond donors (Lipinski definition) is 2. The predicted molar refractivity (Wildman–Crippen MR) is 77.3 cm³/mol. The Morgan fingerprint density at radius 1 is 1.11 bits per heavy atom.